The van der Waals surface area contributed by atoms with Crippen molar-refractivity contribution in [3.05, 3.63) is 25.7 Å². The highest BCUT2D eigenvalue weighted by Gasteiger charge is 2.07. The minimum absolute atomic E-state index is 0.628. The summed E-state index contributed by atoms with van der Waals surface area (Å²) in [5.74, 6) is 5.95. The molecule has 0 aromatic heterocycles. The number of hydrazone groups is 1. The van der Waals surface area contributed by atoms with Gasteiger partial charge in [0.15, 0.2) is 0 Å². The van der Waals surface area contributed by atoms with Gasteiger partial charge in [0.25, 0.3) is 0 Å². The zero-order valence-corrected chi connectivity index (χ0v) is 11.4. The average molecular weight is 369 g/mol. The Balaban J connectivity index is 3.21. The van der Waals surface area contributed by atoms with E-state index in [1.54, 1.807) is 6.21 Å². The van der Waals surface area contributed by atoms with Crippen LogP contribution in [0.5, 0.6) is 5.75 Å². The van der Waals surface area contributed by atoms with Crippen molar-refractivity contribution >= 4 is 44.7 Å². The number of benzene rings is 1. The van der Waals surface area contributed by atoms with E-state index in [9.17, 15) is 0 Å². The third-order valence-electron chi connectivity index (χ3n) is 1.54. The highest BCUT2D eigenvalue weighted by atomic mass is 127. The molecule has 1 aromatic rings. The third-order valence-corrected chi connectivity index (χ3v) is 2.80. The Labute approximate surface area is 105 Å². The first kappa shape index (κ1) is 11.8. The minimum Gasteiger partial charge on any atom is -0.492 e. The third kappa shape index (κ3) is 2.84. The first-order valence-electron chi connectivity index (χ1n) is 4.04. The maximum atomic E-state index is 5.50. The molecule has 2 N–H and O–H groups in total. The molecule has 0 amide bonds. The van der Waals surface area contributed by atoms with E-state index in [1.807, 2.05) is 19.1 Å². The topological polar surface area (TPSA) is 47.6 Å². The van der Waals surface area contributed by atoms with Crippen LogP contribution in [0.2, 0.25) is 0 Å². The van der Waals surface area contributed by atoms with Gasteiger partial charge in [-0.05, 0) is 41.6 Å². The molecule has 0 spiro atoms. The Morgan fingerprint density at radius 1 is 1.64 bits per heavy atom. The van der Waals surface area contributed by atoms with Gasteiger partial charge in [0.2, 0.25) is 0 Å². The van der Waals surface area contributed by atoms with E-state index in [2.05, 4.69) is 43.6 Å². The SMILES string of the molecule is CCOc1c(I)cc(Br)cc1C=NN. The summed E-state index contributed by atoms with van der Waals surface area (Å²) in [4.78, 5) is 0. The standard InChI is InChI=1S/C9H10BrIN2O/c1-2-14-9-6(5-13-12)3-7(10)4-8(9)11/h3-5H,2,12H2,1H3. The van der Waals surface area contributed by atoms with Gasteiger partial charge in [0.1, 0.15) is 5.75 Å². The van der Waals surface area contributed by atoms with Crippen molar-refractivity contribution in [1.29, 1.82) is 0 Å². The smallest absolute Gasteiger partial charge is 0.141 e. The first-order chi connectivity index (χ1) is 6.69. The lowest BCUT2D eigenvalue weighted by Crippen LogP contribution is -1.99. The van der Waals surface area contributed by atoms with Crippen LogP contribution in [0.4, 0.5) is 0 Å². The van der Waals surface area contributed by atoms with Gasteiger partial charge in [-0.25, -0.2) is 0 Å². The minimum atomic E-state index is 0.628. The molecule has 5 heteroatoms. The summed E-state index contributed by atoms with van der Waals surface area (Å²) in [6.07, 6.45) is 1.58. The molecule has 0 aliphatic carbocycles. The Hall–Kier alpha value is -0.300. The second-order valence-electron chi connectivity index (χ2n) is 2.52. The molecule has 0 aliphatic rings. The molecule has 0 fully saturated rings. The summed E-state index contributed by atoms with van der Waals surface area (Å²) in [5.41, 5.74) is 0.883. The van der Waals surface area contributed by atoms with Crippen LogP contribution in [0.25, 0.3) is 0 Å². The molecule has 0 unspecified atom stereocenters. The van der Waals surface area contributed by atoms with Crippen molar-refractivity contribution in [3.63, 3.8) is 0 Å². The summed E-state index contributed by atoms with van der Waals surface area (Å²) >= 11 is 5.62. The molecule has 0 radical (unpaired) electrons. The summed E-state index contributed by atoms with van der Waals surface area (Å²) in [6.45, 7) is 2.57. The highest BCUT2D eigenvalue weighted by molar-refractivity contribution is 14.1. The quantitative estimate of drug-likeness (QED) is 0.386. The number of rotatable bonds is 3. The van der Waals surface area contributed by atoms with E-state index < -0.39 is 0 Å². The molecule has 0 heterocycles. The molecule has 14 heavy (non-hydrogen) atoms. The van der Waals surface area contributed by atoms with Crippen LogP contribution in [-0.4, -0.2) is 12.8 Å². The largest absolute Gasteiger partial charge is 0.492 e. The number of hydrogen-bond donors (Lipinski definition) is 1. The second kappa shape index (κ2) is 5.55. The van der Waals surface area contributed by atoms with Gasteiger partial charge in [0.05, 0.1) is 16.4 Å². The van der Waals surface area contributed by atoms with Crippen LogP contribution < -0.4 is 10.6 Å². The molecule has 1 aromatic carbocycles. The van der Waals surface area contributed by atoms with Gasteiger partial charge in [-0.15, -0.1) is 0 Å². The van der Waals surface area contributed by atoms with Gasteiger partial charge in [-0.3, -0.25) is 0 Å². The average Bonchev–Trinajstić information content (AvgIpc) is 2.11. The van der Waals surface area contributed by atoms with E-state index in [-0.39, 0.29) is 0 Å². The van der Waals surface area contributed by atoms with Gasteiger partial charge in [0, 0.05) is 10.0 Å². The summed E-state index contributed by atoms with van der Waals surface area (Å²) in [7, 11) is 0. The number of hydrogen-bond acceptors (Lipinski definition) is 3. The summed E-state index contributed by atoms with van der Waals surface area (Å²) in [6, 6.07) is 3.91. The first-order valence-corrected chi connectivity index (χ1v) is 5.91. The van der Waals surface area contributed by atoms with Crippen molar-refractivity contribution < 1.29 is 4.74 Å². The molecule has 76 valence electrons. The Morgan fingerprint density at radius 2 is 2.36 bits per heavy atom. The molecule has 0 bridgehead atoms. The molecular weight excluding hydrogens is 359 g/mol. The van der Waals surface area contributed by atoms with Crippen LogP contribution in [0.15, 0.2) is 21.7 Å². The van der Waals surface area contributed by atoms with Crippen LogP contribution in [0, 0.1) is 3.57 Å². The number of nitrogens with two attached hydrogens (primary N) is 1. The molecule has 1 rings (SSSR count). The molecule has 0 aliphatic heterocycles. The van der Waals surface area contributed by atoms with Crippen molar-refractivity contribution in [3.8, 4) is 5.75 Å². The van der Waals surface area contributed by atoms with Gasteiger partial charge in [-0.1, -0.05) is 15.9 Å². The van der Waals surface area contributed by atoms with Crippen molar-refractivity contribution in [2.45, 2.75) is 6.92 Å². The van der Waals surface area contributed by atoms with E-state index in [4.69, 9.17) is 10.6 Å². The van der Waals surface area contributed by atoms with E-state index in [0.717, 1.165) is 19.4 Å². The Kier molecular flexibility index (Phi) is 4.67. The predicted molar refractivity (Wildman–Crippen MR) is 69.8 cm³/mol. The van der Waals surface area contributed by atoms with E-state index in [1.165, 1.54) is 0 Å². The molecular formula is C9H10BrIN2O. The fraction of sp³-hybridized carbons (Fsp3) is 0.222. The molecule has 3 nitrogen and oxygen atoms in total. The fourth-order valence-electron chi connectivity index (χ4n) is 1.05. The zero-order chi connectivity index (χ0) is 10.6. The molecule has 0 atom stereocenters. The van der Waals surface area contributed by atoms with Gasteiger partial charge in [-0.2, -0.15) is 5.10 Å². The van der Waals surface area contributed by atoms with Gasteiger partial charge < -0.3 is 10.6 Å². The second-order valence-corrected chi connectivity index (χ2v) is 4.60. The Morgan fingerprint density at radius 3 is 2.93 bits per heavy atom. The lowest BCUT2D eigenvalue weighted by atomic mass is 10.2. The summed E-state index contributed by atoms with van der Waals surface area (Å²) in [5, 5.41) is 3.50. The fourth-order valence-corrected chi connectivity index (χ4v) is 2.76. The molecule has 0 saturated heterocycles. The predicted octanol–water partition coefficient (Wildman–Crippen LogP) is 2.75. The number of nitrogens with zero attached hydrogens (tertiary/aromatic N) is 1. The normalized spacial score (nSPS) is 10.8. The maximum absolute atomic E-state index is 5.50. The highest BCUT2D eigenvalue weighted by Crippen LogP contribution is 2.28. The lowest BCUT2D eigenvalue weighted by molar-refractivity contribution is 0.337. The van der Waals surface area contributed by atoms with Gasteiger partial charge >= 0.3 is 0 Å². The van der Waals surface area contributed by atoms with E-state index in [0.29, 0.717) is 6.61 Å². The van der Waals surface area contributed by atoms with E-state index >= 15 is 0 Å². The van der Waals surface area contributed by atoms with Crippen LogP contribution in [-0.2, 0) is 0 Å². The monoisotopic (exact) mass is 368 g/mol. The van der Waals surface area contributed by atoms with Crippen LogP contribution in [0.3, 0.4) is 0 Å². The lowest BCUT2D eigenvalue weighted by Gasteiger charge is -2.09. The Bertz CT molecular complexity index is 355. The summed E-state index contributed by atoms with van der Waals surface area (Å²) < 4.78 is 7.52. The van der Waals surface area contributed by atoms with Crippen LogP contribution >= 0.6 is 38.5 Å². The molecule has 0 saturated carbocycles. The van der Waals surface area contributed by atoms with Crippen molar-refractivity contribution in [2.75, 3.05) is 6.61 Å². The van der Waals surface area contributed by atoms with Crippen molar-refractivity contribution in [2.24, 2.45) is 10.9 Å². The van der Waals surface area contributed by atoms with Crippen LogP contribution in [0.1, 0.15) is 12.5 Å². The zero-order valence-electron chi connectivity index (χ0n) is 7.63. The maximum Gasteiger partial charge on any atom is 0.141 e. The van der Waals surface area contributed by atoms with Crippen molar-refractivity contribution in [1.82, 2.24) is 0 Å². The number of ether oxygens (including phenoxy) is 1. The number of halogens is 2.